The monoisotopic (exact) mass is 274 g/mol. The van der Waals surface area contributed by atoms with Crippen molar-refractivity contribution >= 4 is 29.5 Å². The lowest BCUT2D eigenvalue weighted by molar-refractivity contribution is -0.144. The Morgan fingerprint density at radius 1 is 1.39 bits per heavy atom. The molecule has 0 radical (unpaired) electrons. The van der Waals surface area contributed by atoms with Crippen molar-refractivity contribution in [2.45, 2.75) is 26.8 Å². The highest BCUT2D eigenvalue weighted by atomic mass is 32.2. The number of hydrogen-bond donors (Lipinski definition) is 2. The molecular formula is C11H18N2O4S. The minimum absolute atomic E-state index is 0.0945. The van der Waals surface area contributed by atoms with Crippen molar-refractivity contribution in [3.63, 3.8) is 0 Å². The predicted molar refractivity (Wildman–Crippen MR) is 68.1 cm³/mol. The first-order valence-electron chi connectivity index (χ1n) is 5.62. The van der Waals surface area contributed by atoms with Crippen LogP contribution in [0.4, 0.5) is 0 Å². The normalized spacial score (nSPS) is 19.7. The van der Waals surface area contributed by atoms with Gasteiger partial charge in [-0.1, -0.05) is 20.8 Å². The average molecular weight is 274 g/mol. The van der Waals surface area contributed by atoms with E-state index in [-0.39, 0.29) is 5.91 Å². The molecule has 102 valence electrons. The van der Waals surface area contributed by atoms with Gasteiger partial charge in [-0.3, -0.25) is 14.4 Å². The summed E-state index contributed by atoms with van der Waals surface area (Å²) in [5.74, 6) is -0.611. The van der Waals surface area contributed by atoms with Crippen LogP contribution in [-0.4, -0.2) is 52.0 Å². The van der Waals surface area contributed by atoms with Crippen LogP contribution in [0.1, 0.15) is 20.8 Å². The molecule has 7 heteroatoms. The van der Waals surface area contributed by atoms with Crippen molar-refractivity contribution in [3.8, 4) is 0 Å². The zero-order valence-electron chi connectivity index (χ0n) is 10.7. The highest BCUT2D eigenvalue weighted by Gasteiger charge is 2.38. The van der Waals surface area contributed by atoms with Gasteiger partial charge >= 0.3 is 5.97 Å². The molecule has 2 N–H and O–H groups in total. The molecule has 0 saturated carbocycles. The zero-order valence-corrected chi connectivity index (χ0v) is 11.5. The van der Waals surface area contributed by atoms with E-state index in [4.69, 9.17) is 5.11 Å². The van der Waals surface area contributed by atoms with E-state index in [0.29, 0.717) is 11.6 Å². The lowest BCUT2D eigenvalue weighted by atomic mass is 9.94. The molecular weight excluding hydrogens is 256 g/mol. The van der Waals surface area contributed by atoms with Gasteiger partial charge in [0.15, 0.2) is 0 Å². The Morgan fingerprint density at radius 3 is 2.50 bits per heavy atom. The van der Waals surface area contributed by atoms with Gasteiger partial charge in [-0.2, -0.15) is 0 Å². The summed E-state index contributed by atoms with van der Waals surface area (Å²) in [5, 5.41) is 10.8. The molecule has 0 aromatic heterocycles. The molecule has 0 aliphatic carbocycles. The molecule has 1 atom stereocenters. The van der Waals surface area contributed by atoms with Gasteiger partial charge in [0.25, 0.3) is 0 Å². The number of carbonyl (C=O) groups excluding carboxylic acids is 2. The van der Waals surface area contributed by atoms with E-state index in [9.17, 15) is 14.4 Å². The molecule has 6 nitrogen and oxygen atoms in total. The molecule has 0 aromatic rings. The Labute approximate surface area is 110 Å². The topological polar surface area (TPSA) is 86.7 Å². The van der Waals surface area contributed by atoms with Gasteiger partial charge in [-0.25, -0.2) is 0 Å². The third-order valence-corrected chi connectivity index (χ3v) is 3.51. The number of thioether (sulfide) groups is 1. The number of nitrogens with one attached hydrogen (secondary N) is 1. The van der Waals surface area contributed by atoms with Gasteiger partial charge < -0.3 is 15.3 Å². The first-order chi connectivity index (χ1) is 8.23. The first-order valence-corrected chi connectivity index (χ1v) is 6.77. The van der Waals surface area contributed by atoms with Crippen molar-refractivity contribution in [3.05, 3.63) is 0 Å². The molecule has 1 heterocycles. The summed E-state index contributed by atoms with van der Waals surface area (Å²) < 4.78 is 0. The average Bonchev–Trinajstić information content (AvgIpc) is 2.71. The standard InChI is InChI=1S/C11H18N2O4S/c1-11(2,3)10(17)13-6-18-5-7(13)9(16)12-4-8(14)15/h7H,4-6H2,1-3H3,(H,12,16)(H,14,15). The van der Waals surface area contributed by atoms with Crippen LogP contribution in [0.5, 0.6) is 0 Å². The number of amides is 2. The molecule has 1 unspecified atom stereocenters. The molecule has 1 fully saturated rings. The molecule has 18 heavy (non-hydrogen) atoms. The molecule has 2 amide bonds. The fourth-order valence-electron chi connectivity index (χ4n) is 1.57. The van der Waals surface area contributed by atoms with Crippen LogP contribution in [0, 0.1) is 5.41 Å². The summed E-state index contributed by atoms with van der Waals surface area (Å²) in [6, 6.07) is -0.568. The Kier molecular flexibility index (Phi) is 4.61. The largest absolute Gasteiger partial charge is 0.480 e. The molecule has 0 aromatic carbocycles. The minimum atomic E-state index is -1.09. The summed E-state index contributed by atoms with van der Waals surface area (Å²) in [5.41, 5.74) is -0.545. The van der Waals surface area contributed by atoms with Crippen LogP contribution in [0.2, 0.25) is 0 Å². The van der Waals surface area contributed by atoms with Crippen LogP contribution in [0.3, 0.4) is 0 Å². The van der Waals surface area contributed by atoms with Crippen molar-refractivity contribution in [1.29, 1.82) is 0 Å². The molecule has 1 saturated heterocycles. The Morgan fingerprint density at radius 2 is 2.00 bits per heavy atom. The lowest BCUT2D eigenvalue weighted by Gasteiger charge is -2.29. The van der Waals surface area contributed by atoms with Crippen LogP contribution in [0.15, 0.2) is 0 Å². The second kappa shape index (κ2) is 5.60. The molecule has 1 aliphatic heterocycles. The Hall–Kier alpha value is -1.24. The summed E-state index contributed by atoms with van der Waals surface area (Å²) in [4.78, 5) is 35.9. The SMILES string of the molecule is CC(C)(C)C(=O)N1CSCC1C(=O)NCC(=O)O. The van der Waals surface area contributed by atoms with Gasteiger partial charge in [-0.05, 0) is 0 Å². The highest BCUT2D eigenvalue weighted by Crippen LogP contribution is 2.27. The maximum absolute atomic E-state index is 12.1. The summed E-state index contributed by atoms with van der Waals surface area (Å²) >= 11 is 1.49. The van der Waals surface area contributed by atoms with Crippen molar-refractivity contribution < 1.29 is 19.5 Å². The zero-order chi connectivity index (χ0) is 13.9. The number of rotatable bonds is 3. The molecule has 1 aliphatic rings. The molecule has 0 bridgehead atoms. The Bertz CT molecular complexity index is 365. The fraction of sp³-hybridized carbons (Fsp3) is 0.727. The van der Waals surface area contributed by atoms with E-state index in [1.807, 2.05) is 0 Å². The van der Waals surface area contributed by atoms with Crippen molar-refractivity contribution in [2.24, 2.45) is 5.41 Å². The van der Waals surface area contributed by atoms with Gasteiger partial charge in [0.05, 0.1) is 5.88 Å². The number of hydrogen-bond acceptors (Lipinski definition) is 4. The maximum Gasteiger partial charge on any atom is 0.322 e. The summed E-state index contributed by atoms with van der Waals surface area (Å²) in [7, 11) is 0. The Balaban J connectivity index is 2.67. The van der Waals surface area contributed by atoms with Crippen LogP contribution in [-0.2, 0) is 14.4 Å². The molecule has 1 rings (SSSR count). The number of carboxylic acids is 1. The minimum Gasteiger partial charge on any atom is -0.480 e. The second-order valence-electron chi connectivity index (χ2n) is 5.15. The van der Waals surface area contributed by atoms with Crippen LogP contribution < -0.4 is 5.32 Å². The third kappa shape index (κ3) is 3.63. The third-order valence-electron chi connectivity index (χ3n) is 2.50. The van der Waals surface area contributed by atoms with E-state index in [2.05, 4.69) is 5.32 Å². The van der Waals surface area contributed by atoms with Gasteiger partial charge in [-0.15, -0.1) is 11.8 Å². The second-order valence-corrected chi connectivity index (χ2v) is 6.15. The van der Waals surface area contributed by atoms with Gasteiger partial charge in [0.2, 0.25) is 11.8 Å². The lowest BCUT2D eigenvalue weighted by Crippen LogP contribution is -2.51. The van der Waals surface area contributed by atoms with Gasteiger partial charge in [0, 0.05) is 11.2 Å². The van der Waals surface area contributed by atoms with Crippen molar-refractivity contribution in [1.82, 2.24) is 10.2 Å². The number of aliphatic carboxylic acids is 1. The van der Waals surface area contributed by atoms with Crippen LogP contribution >= 0.6 is 11.8 Å². The van der Waals surface area contributed by atoms with E-state index in [0.717, 1.165) is 0 Å². The number of nitrogens with zero attached hydrogens (tertiary/aromatic N) is 1. The van der Waals surface area contributed by atoms with E-state index in [1.54, 1.807) is 20.8 Å². The smallest absolute Gasteiger partial charge is 0.322 e. The highest BCUT2D eigenvalue weighted by molar-refractivity contribution is 7.99. The number of carbonyl (C=O) groups is 3. The van der Waals surface area contributed by atoms with Gasteiger partial charge in [0.1, 0.15) is 12.6 Å². The predicted octanol–water partition coefficient (Wildman–Crippen LogP) is 0.135. The summed E-state index contributed by atoms with van der Waals surface area (Å²) in [6.07, 6.45) is 0. The summed E-state index contributed by atoms with van der Waals surface area (Å²) in [6.45, 7) is 4.97. The van der Waals surface area contributed by atoms with Crippen LogP contribution in [0.25, 0.3) is 0 Å². The fourth-order valence-corrected chi connectivity index (χ4v) is 2.73. The van der Waals surface area contributed by atoms with E-state index in [1.165, 1.54) is 16.7 Å². The van der Waals surface area contributed by atoms with E-state index >= 15 is 0 Å². The first kappa shape index (κ1) is 14.8. The quantitative estimate of drug-likeness (QED) is 0.764. The van der Waals surface area contributed by atoms with E-state index < -0.39 is 29.9 Å². The maximum atomic E-state index is 12.1. The van der Waals surface area contributed by atoms with Crippen molar-refractivity contribution in [2.75, 3.05) is 18.2 Å². The number of carboxylic acid groups (broad SMARTS) is 1. The molecule has 0 spiro atoms.